The number of carbonyl (C=O) groups is 1. The molecule has 1 rings (SSSR count). The van der Waals surface area contributed by atoms with Crippen molar-refractivity contribution in [3.05, 3.63) is 48.6 Å². The molecule has 1 aliphatic rings. The van der Waals surface area contributed by atoms with E-state index in [0.717, 1.165) is 57.8 Å². The summed E-state index contributed by atoms with van der Waals surface area (Å²) in [5.74, 6) is -0.726. The zero-order chi connectivity index (χ0) is 43.4. The van der Waals surface area contributed by atoms with Gasteiger partial charge in [-0.25, -0.2) is 0 Å². The summed E-state index contributed by atoms with van der Waals surface area (Å²) in [5.41, 5.74) is 0. The van der Waals surface area contributed by atoms with Gasteiger partial charge in [0, 0.05) is 0 Å². The van der Waals surface area contributed by atoms with Crippen LogP contribution in [0, 0.1) is 0 Å². The Morgan fingerprint density at radius 2 is 1.02 bits per heavy atom. The highest BCUT2D eigenvalue weighted by atomic mass is 16.7. The highest BCUT2D eigenvalue weighted by Gasteiger charge is 2.44. The Balaban J connectivity index is 2.48. The van der Waals surface area contributed by atoms with Gasteiger partial charge in [-0.2, -0.15) is 0 Å². The van der Waals surface area contributed by atoms with Crippen LogP contribution in [0.2, 0.25) is 0 Å². The van der Waals surface area contributed by atoms with E-state index < -0.39 is 74.2 Å². The van der Waals surface area contributed by atoms with Crippen LogP contribution >= 0.6 is 0 Å². The lowest BCUT2D eigenvalue weighted by Crippen LogP contribution is -2.60. The number of aliphatic hydroxyl groups is 7. The Hall–Kier alpha value is -1.93. The summed E-state index contributed by atoms with van der Waals surface area (Å²) in [6.45, 7) is 3.36. The fourth-order valence-corrected chi connectivity index (χ4v) is 7.11. The number of unbranched alkanes of at least 4 members (excludes halogenated alkanes) is 18. The highest BCUT2D eigenvalue weighted by Crippen LogP contribution is 2.23. The summed E-state index contributed by atoms with van der Waals surface area (Å²) in [7, 11) is 0. The molecule has 0 bridgehead atoms. The molecule has 1 heterocycles. The molecule has 0 aliphatic carbocycles. The van der Waals surface area contributed by atoms with Crippen molar-refractivity contribution in [3.8, 4) is 0 Å². The van der Waals surface area contributed by atoms with Crippen LogP contribution in [-0.4, -0.2) is 110 Å². The first kappa shape index (κ1) is 55.1. The van der Waals surface area contributed by atoms with Gasteiger partial charge >= 0.3 is 0 Å². The van der Waals surface area contributed by atoms with E-state index in [0.29, 0.717) is 19.3 Å². The van der Waals surface area contributed by atoms with E-state index in [2.05, 4.69) is 67.8 Å². The number of nitrogens with one attached hydrogen (secondary N) is 1. The Kier molecular flexibility index (Phi) is 35.3. The number of hydrogen-bond acceptors (Lipinski definition) is 10. The molecule has 8 N–H and O–H groups in total. The average molecular weight is 838 g/mol. The quantitative estimate of drug-likeness (QED) is 0.0225. The maximum absolute atomic E-state index is 13.0. The molecule has 1 aliphatic heterocycles. The Morgan fingerprint density at radius 3 is 1.54 bits per heavy atom. The van der Waals surface area contributed by atoms with Gasteiger partial charge in [0.05, 0.1) is 25.4 Å². The maximum Gasteiger partial charge on any atom is 0.249 e. The van der Waals surface area contributed by atoms with Gasteiger partial charge in [-0.3, -0.25) is 4.79 Å². The van der Waals surface area contributed by atoms with Gasteiger partial charge in [0.1, 0.15) is 36.6 Å². The molecule has 0 spiro atoms. The molecule has 1 amide bonds. The van der Waals surface area contributed by atoms with Crippen molar-refractivity contribution in [1.82, 2.24) is 5.32 Å². The minimum atomic E-state index is -1.67. The monoisotopic (exact) mass is 838 g/mol. The normalized spacial score (nSPS) is 22.2. The van der Waals surface area contributed by atoms with Gasteiger partial charge in [0.15, 0.2) is 6.29 Å². The third-order valence-corrected chi connectivity index (χ3v) is 11.1. The molecule has 0 radical (unpaired) electrons. The minimum absolute atomic E-state index is 0.233. The molecule has 0 aromatic heterocycles. The number of carbonyl (C=O) groups excluding carboxylic acids is 1. The van der Waals surface area contributed by atoms with E-state index in [1.54, 1.807) is 0 Å². The molecule has 0 saturated carbocycles. The van der Waals surface area contributed by atoms with E-state index >= 15 is 0 Å². The molecule has 11 heteroatoms. The van der Waals surface area contributed by atoms with Crippen LogP contribution in [0.5, 0.6) is 0 Å². The van der Waals surface area contributed by atoms with Crippen LogP contribution < -0.4 is 5.32 Å². The fraction of sp³-hybridized carbons (Fsp3) is 0.812. The zero-order valence-electron chi connectivity index (χ0n) is 37.0. The topological polar surface area (TPSA) is 189 Å². The van der Waals surface area contributed by atoms with Crippen LogP contribution in [0.1, 0.15) is 181 Å². The van der Waals surface area contributed by atoms with Crippen LogP contribution in [0.25, 0.3) is 0 Å². The molecular formula is C48H87NO10. The molecule has 59 heavy (non-hydrogen) atoms. The van der Waals surface area contributed by atoms with Gasteiger partial charge in [-0.05, 0) is 89.9 Å². The molecule has 0 aromatic rings. The summed E-state index contributed by atoms with van der Waals surface area (Å²) < 4.78 is 11.1. The standard InChI is InChI=1S/C48H87NO10/c1-3-5-7-9-11-13-15-16-17-18-19-20-21-22-23-24-26-27-29-31-33-35-40(51)43(53)39(38-58-48-46(56)45(55)44(54)42(37-50)59-48)49-47(57)41(52)36-34-32-30-28-25-14-12-10-8-6-4-2/h12,14,18-19,22-23,27,29,39-46,48,50-56H,3-11,13,15-17,20-21,24-26,28,30-38H2,1-2H3,(H,49,57)/b14-12-,19-18+,23-22+,29-27+. The first-order valence-electron chi connectivity index (χ1n) is 23.5. The first-order chi connectivity index (χ1) is 28.7. The van der Waals surface area contributed by atoms with Crippen molar-refractivity contribution in [2.75, 3.05) is 13.2 Å². The van der Waals surface area contributed by atoms with Gasteiger partial charge in [0.2, 0.25) is 5.91 Å². The van der Waals surface area contributed by atoms with Crippen molar-refractivity contribution in [2.45, 2.75) is 236 Å². The number of aliphatic hydroxyl groups excluding tert-OH is 7. The second kappa shape index (κ2) is 37.8. The molecule has 0 aromatic carbocycles. The van der Waals surface area contributed by atoms with Crippen LogP contribution in [-0.2, 0) is 14.3 Å². The summed E-state index contributed by atoms with van der Waals surface area (Å²) >= 11 is 0. The van der Waals surface area contributed by atoms with Crippen LogP contribution in [0.3, 0.4) is 0 Å². The summed E-state index contributed by atoms with van der Waals surface area (Å²) in [4.78, 5) is 13.0. The van der Waals surface area contributed by atoms with Crippen molar-refractivity contribution >= 4 is 5.91 Å². The maximum atomic E-state index is 13.0. The fourth-order valence-electron chi connectivity index (χ4n) is 7.11. The third-order valence-electron chi connectivity index (χ3n) is 11.1. The van der Waals surface area contributed by atoms with E-state index in [1.165, 1.54) is 77.0 Å². The Bertz CT molecular complexity index is 1100. The number of ether oxygens (including phenoxy) is 2. The lowest BCUT2D eigenvalue weighted by molar-refractivity contribution is -0.303. The summed E-state index contributed by atoms with van der Waals surface area (Å²) in [6.07, 6.45) is 33.1. The summed E-state index contributed by atoms with van der Waals surface area (Å²) in [5, 5.41) is 75.5. The Morgan fingerprint density at radius 1 is 0.576 bits per heavy atom. The highest BCUT2D eigenvalue weighted by molar-refractivity contribution is 5.80. The first-order valence-corrected chi connectivity index (χ1v) is 23.5. The summed E-state index contributed by atoms with van der Waals surface area (Å²) in [6, 6.07) is -1.20. The molecular weight excluding hydrogens is 751 g/mol. The predicted molar refractivity (Wildman–Crippen MR) is 238 cm³/mol. The zero-order valence-corrected chi connectivity index (χ0v) is 37.0. The van der Waals surface area contributed by atoms with Crippen LogP contribution in [0.4, 0.5) is 0 Å². The molecule has 9 atom stereocenters. The van der Waals surface area contributed by atoms with Crippen LogP contribution in [0.15, 0.2) is 48.6 Å². The molecule has 1 fully saturated rings. The second-order valence-corrected chi connectivity index (χ2v) is 16.4. The molecule has 9 unspecified atom stereocenters. The van der Waals surface area contributed by atoms with Gasteiger partial charge in [-0.1, -0.05) is 140 Å². The number of amides is 1. The van der Waals surface area contributed by atoms with Crippen molar-refractivity contribution in [2.24, 2.45) is 0 Å². The Labute approximate surface area is 358 Å². The smallest absolute Gasteiger partial charge is 0.249 e. The predicted octanol–water partition coefficient (Wildman–Crippen LogP) is 7.78. The van der Waals surface area contributed by atoms with E-state index in [-0.39, 0.29) is 12.8 Å². The number of hydrogen-bond donors (Lipinski definition) is 8. The van der Waals surface area contributed by atoms with Gasteiger partial charge in [-0.15, -0.1) is 0 Å². The lowest BCUT2D eigenvalue weighted by atomic mass is 9.98. The van der Waals surface area contributed by atoms with Gasteiger partial charge < -0.3 is 50.5 Å². The van der Waals surface area contributed by atoms with E-state index in [1.807, 2.05) is 0 Å². The molecule has 11 nitrogen and oxygen atoms in total. The lowest BCUT2D eigenvalue weighted by Gasteiger charge is -2.40. The van der Waals surface area contributed by atoms with Crippen molar-refractivity contribution in [1.29, 1.82) is 0 Å². The molecule has 1 saturated heterocycles. The number of allylic oxidation sites excluding steroid dienone is 8. The van der Waals surface area contributed by atoms with Gasteiger partial charge in [0.25, 0.3) is 0 Å². The third kappa shape index (κ3) is 27.6. The van der Waals surface area contributed by atoms with Crippen molar-refractivity contribution < 1.29 is 50.0 Å². The second-order valence-electron chi connectivity index (χ2n) is 16.4. The minimum Gasteiger partial charge on any atom is -0.394 e. The average Bonchev–Trinajstić information content (AvgIpc) is 3.23. The van der Waals surface area contributed by atoms with E-state index in [4.69, 9.17) is 9.47 Å². The SMILES string of the molecule is CCCCC/C=C\CCCCCCC(O)C(=O)NC(COC1OC(CO)C(O)C(O)C1O)C(O)C(O)CCC/C=C/CC/C=C/CC/C=C/CCCCCCCCCC. The largest absolute Gasteiger partial charge is 0.394 e. The van der Waals surface area contributed by atoms with Crippen molar-refractivity contribution in [3.63, 3.8) is 0 Å². The van der Waals surface area contributed by atoms with E-state index in [9.17, 15) is 40.5 Å². The molecule has 344 valence electrons. The number of rotatable bonds is 38.